The van der Waals surface area contributed by atoms with Crippen molar-refractivity contribution in [1.82, 2.24) is 20.4 Å². The minimum atomic E-state index is -1.28. The molecular weight excluding hydrogens is 580 g/mol. The zero-order valence-electron chi connectivity index (χ0n) is 28.3. The maximum absolute atomic E-state index is 13.9. The SMILES string of the molecule is C#CC[C@H](O)[C@H](O)[C@H](CC1CCCCC1)NC(=O)[C@@H](NC(=O)[C@@H](CC(=O)N(C)CCN(C)CC)Cc1ccccc1)C(C#C)CC. The lowest BCUT2D eigenvalue weighted by Gasteiger charge is -2.34. The number of aliphatic hydroxyl groups is 2. The molecule has 0 spiro atoms. The molecule has 1 saturated carbocycles. The number of nitrogens with one attached hydrogen (secondary N) is 2. The van der Waals surface area contributed by atoms with Crippen LogP contribution in [0.5, 0.6) is 0 Å². The van der Waals surface area contributed by atoms with Crippen molar-refractivity contribution in [2.24, 2.45) is 17.8 Å². The Morgan fingerprint density at radius 2 is 1.65 bits per heavy atom. The molecule has 9 heteroatoms. The third-order valence-corrected chi connectivity index (χ3v) is 9.31. The van der Waals surface area contributed by atoms with Crippen LogP contribution in [0, 0.1) is 42.4 Å². The molecule has 9 nitrogen and oxygen atoms in total. The van der Waals surface area contributed by atoms with Crippen LogP contribution in [0.1, 0.15) is 77.2 Å². The number of carbonyl (C=O) groups excluding carboxylic acids is 3. The minimum absolute atomic E-state index is 0.0322. The normalized spacial score (nSPS) is 17.4. The first kappa shape index (κ1) is 38.8. The summed E-state index contributed by atoms with van der Waals surface area (Å²) in [5, 5.41) is 27.5. The monoisotopic (exact) mass is 636 g/mol. The maximum atomic E-state index is 13.9. The average molecular weight is 637 g/mol. The number of rotatable bonds is 19. The summed E-state index contributed by atoms with van der Waals surface area (Å²) in [6, 6.07) is 7.59. The van der Waals surface area contributed by atoms with Crippen molar-refractivity contribution < 1.29 is 24.6 Å². The average Bonchev–Trinajstić information content (AvgIpc) is 3.06. The molecule has 6 atom stereocenters. The van der Waals surface area contributed by atoms with E-state index >= 15 is 0 Å². The van der Waals surface area contributed by atoms with E-state index in [-0.39, 0.29) is 24.7 Å². The number of amides is 3. The predicted molar refractivity (Wildman–Crippen MR) is 182 cm³/mol. The van der Waals surface area contributed by atoms with E-state index in [1.54, 1.807) is 11.9 Å². The first-order valence-corrected chi connectivity index (χ1v) is 16.9. The molecular formula is C37H56N4O5. The van der Waals surface area contributed by atoms with Crippen molar-refractivity contribution >= 4 is 17.7 Å². The van der Waals surface area contributed by atoms with Gasteiger partial charge in [-0.2, -0.15) is 0 Å². The van der Waals surface area contributed by atoms with Crippen molar-refractivity contribution in [1.29, 1.82) is 0 Å². The van der Waals surface area contributed by atoms with Crippen LogP contribution in [0.25, 0.3) is 0 Å². The zero-order chi connectivity index (χ0) is 34.1. The van der Waals surface area contributed by atoms with Crippen LogP contribution < -0.4 is 10.6 Å². The quantitative estimate of drug-likeness (QED) is 0.173. The van der Waals surface area contributed by atoms with Crippen molar-refractivity contribution in [2.45, 2.75) is 102 Å². The summed E-state index contributed by atoms with van der Waals surface area (Å²) < 4.78 is 0. The van der Waals surface area contributed by atoms with Crippen LogP contribution >= 0.6 is 0 Å². The number of aliphatic hydroxyl groups excluding tert-OH is 2. The number of hydrogen-bond acceptors (Lipinski definition) is 6. The van der Waals surface area contributed by atoms with E-state index < -0.39 is 47.9 Å². The van der Waals surface area contributed by atoms with Crippen LogP contribution in [-0.4, -0.2) is 95.8 Å². The Kier molecular flexibility index (Phi) is 17.5. The molecule has 1 aromatic rings. The van der Waals surface area contributed by atoms with Crippen LogP contribution in [0.2, 0.25) is 0 Å². The molecule has 254 valence electrons. The third kappa shape index (κ3) is 12.8. The number of likely N-dealkylation sites (N-methyl/N-ethyl adjacent to an activating group) is 2. The van der Waals surface area contributed by atoms with Crippen LogP contribution in [-0.2, 0) is 20.8 Å². The van der Waals surface area contributed by atoms with Gasteiger partial charge in [0.1, 0.15) is 12.1 Å². The Bertz CT molecular complexity index is 1160. The molecule has 0 heterocycles. The summed E-state index contributed by atoms with van der Waals surface area (Å²) >= 11 is 0. The molecule has 0 aromatic heterocycles. The predicted octanol–water partition coefficient (Wildman–Crippen LogP) is 2.99. The summed E-state index contributed by atoms with van der Waals surface area (Å²) in [4.78, 5) is 44.9. The second-order valence-corrected chi connectivity index (χ2v) is 12.8. The van der Waals surface area contributed by atoms with Gasteiger partial charge in [0.05, 0.1) is 18.1 Å². The molecule has 0 saturated heterocycles. The van der Waals surface area contributed by atoms with Crippen LogP contribution in [0.4, 0.5) is 0 Å². The van der Waals surface area contributed by atoms with E-state index in [1.165, 1.54) is 0 Å². The van der Waals surface area contributed by atoms with Gasteiger partial charge in [0.2, 0.25) is 17.7 Å². The zero-order valence-corrected chi connectivity index (χ0v) is 28.3. The molecule has 46 heavy (non-hydrogen) atoms. The number of carbonyl (C=O) groups is 3. The van der Waals surface area contributed by atoms with Gasteiger partial charge in [0.25, 0.3) is 0 Å². The standard InChI is InChI=1S/C37H56N4O5/c1-7-17-32(42)35(44)31(25-28-20-15-12-16-21-28)38-37(46)34(29(8-2)9-3)39-36(45)30(24-27-18-13-11-14-19-27)26-33(43)41(6)23-22-40(5)10-4/h1-2,11,13-14,18-19,28-32,34-35,42,44H,9-10,12,15-17,20-26H2,3-6H3,(H,38,46)(H,39,45)/t29?,30-,31+,32+,34+,35-/m1/s1. The van der Waals surface area contributed by atoms with Gasteiger partial charge < -0.3 is 30.6 Å². The number of benzene rings is 1. The van der Waals surface area contributed by atoms with E-state index in [9.17, 15) is 24.6 Å². The van der Waals surface area contributed by atoms with E-state index in [0.717, 1.165) is 44.2 Å². The molecule has 3 amide bonds. The topological polar surface area (TPSA) is 122 Å². The lowest BCUT2D eigenvalue weighted by atomic mass is 9.82. The Morgan fingerprint density at radius 1 is 0.978 bits per heavy atom. The summed E-state index contributed by atoms with van der Waals surface area (Å²) in [5.41, 5.74) is 0.895. The lowest BCUT2D eigenvalue weighted by molar-refractivity contribution is -0.137. The number of hydrogen-bond donors (Lipinski definition) is 4. The molecule has 1 aliphatic rings. The summed E-state index contributed by atoms with van der Waals surface area (Å²) in [5.74, 6) is 2.80. The minimum Gasteiger partial charge on any atom is -0.389 e. The Labute approximate surface area is 276 Å². The van der Waals surface area contributed by atoms with Crippen molar-refractivity contribution in [3.8, 4) is 24.7 Å². The maximum Gasteiger partial charge on any atom is 0.244 e. The first-order chi connectivity index (χ1) is 22.0. The molecule has 1 aromatic carbocycles. The molecule has 2 rings (SSSR count). The molecule has 1 aliphatic carbocycles. The fourth-order valence-electron chi connectivity index (χ4n) is 6.04. The number of nitrogens with zero attached hydrogens (tertiary/aromatic N) is 2. The van der Waals surface area contributed by atoms with Crippen molar-refractivity contribution in [3.63, 3.8) is 0 Å². The van der Waals surface area contributed by atoms with Gasteiger partial charge in [0.15, 0.2) is 0 Å². The highest BCUT2D eigenvalue weighted by molar-refractivity contribution is 5.91. The van der Waals surface area contributed by atoms with E-state index in [0.29, 0.717) is 32.4 Å². The van der Waals surface area contributed by atoms with E-state index in [2.05, 4.69) is 27.4 Å². The highest BCUT2D eigenvalue weighted by Crippen LogP contribution is 2.29. The highest BCUT2D eigenvalue weighted by Gasteiger charge is 2.36. The summed E-state index contributed by atoms with van der Waals surface area (Å²) in [7, 11) is 3.72. The van der Waals surface area contributed by atoms with Gasteiger partial charge in [-0.1, -0.05) is 76.3 Å². The van der Waals surface area contributed by atoms with Gasteiger partial charge in [-0.3, -0.25) is 14.4 Å². The van der Waals surface area contributed by atoms with Crippen molar-refractivity contribution in [3.05, 3.63) is 35.9 Å². The third-order valence-electron chi connectivity index (χ3n) is 9.31. The molecule has 1 fully saturated rings. The Morgan fingerprint density at radius 3 is 2.24 bits per heavy atom. The largest absolute Gasteiger partial charge is 0.389 e. The fourth-order valence-corrected chi connectivity index (χ4v) is 6.04. The summed E-state index contributed by atoms with van der Waals surface area (Å²) in [6.45, 7) is 5.99. The van der Waals surface area contributed by atoms with E-state index in [4.69, 9.17) is 12.8 Å². The van der Waals surface area contributed by atoms with Gasteiger partial charge in [-0.15, -0.1) is 24.7 Å². The van der Waals surface area contributed by atoms with Gasteiger partial charge in [0, 0.05) is 38.9 Å². The fraction of sp³-hybridized carbons (Fsp3) is 0.649. The Hall–Kier alpha value is -3.37. The Balaban J connectivity index is 2.30. The second kappa shape index (κ2) is 20.7. The lowest BCUT2D eigenvalue weighted by Crippen LogP contribution is -2.57. The van der Waals surface area contributed by atoms with Gasteiger partial charge in [-0.05, 0) is 44.3 Å². The van der Waals surface area contributed by atoms with Gasteiger partial charge >= 0.3 is 0 Å². The summed E-state index contributed by atoms with van der Waals surface area (Å²) in [6.07, 6.45) is 15.1. The smallest absolute Gasteiger partial charge is 0.244 e. The van der Waals surface area contributed by atoms with E-state index in [1.807, 2.05) is 51.2 Å². The molecule has 0 radical (unpaired) electrons. The second-order valence-electron chi connectivity index (χ2n) is 12.8. The molecule has 4 N–H and O–H groups in total. The molecule has 0 aliphatic heterocycles. The highest BCUT2D eigenvalue weighted by atomic mass is 16.3. The van der Waals surface area contributed by atoms with Crippen LogP contribution in [0.15, 0.2) is 30.3 Å². The van der Waals surface area contributed by atoms with Gasteiger partial charge in [-0.25, -0.2) is 0 Å². The number of terminal acetylenes is 2. The van der Waals surface area contributed by atoms with Crippen LogP contribution in [0.3, 0.4) is 0 Å². The molecule has 0 bridgehead atoms. The first-order valence-electron chi connectivity index (χ1n) is 16.9. The molecule has 1 unspecified atom stereocenters. The van der Waals surface area contributed by atoms with Crippen molar-refractivity contribution in [2.75, 3.05) is 33.7 Å².